The van der Waals surface area contributed by atoms with Crippen molar-refractivity contribution in [3.05, 3.63) is 83.8 Å². The van der Waals surface area contributed by atoms with Crippen molar-refractivity contribution < 1.29 is 0 Å². The highest BCUT2D eigenvalue weighted by molar-refractivity contribution is 5.60. The molecule has 4 rings (SSSR count). The summed E-state index contributed by atoms with van der Waals surface area (Å²) in [6.45, 7) is 5.25. The van der Waals surface area contributed by atoms with Crippen LogP contribution in [-0.2, 0) is 6.54 Å². The Morgan fingerprint density at radius 2 is 1.96 bits per heavy atom. The van der Waals surface area contributed by atoms with E-state index in [2.05, 4.69) is 71.4 Å². The van der Waals surface area contributed by atoms with Crippen LogP contribution in [0, 0.1) is 6.92 Å². The van der Waals surface area contributed by atoms with E-state index >= 15 is 0 Å². The zero-order valence-electron chi connectivity index (χ0n) is 15.3. The molecule has 0 amide bonds. The Labute approximate surface area is 155 Å². The number of rotatable bonds is 4. The predicted molar refractivity (Wildman–Crippen MR) is 106 cm³/mol. The van der Waals surface area contributed by atoms with Gasteiger partial charge in [-0.05, 0) is 56.6 Å². The first kappa shape index (κ1) is 16.9. The van der Waals surface area contributed by atoms with Gasteiger partial charge in [0.25, 0.3) is 0 Å². The van der Waals surface area contributed by atoms with Gasteiger partial charge in [-0.2, -0.15) is 0 Å². The summed E-state index contributed by atoms with van der Waals surface area (Å²) in [5.41, 5.74) is 5.92. The average molecular weight is 343 g/mol. The number of pyridine rings is 2. The Morgan fingerprint density at radius 3 is 2.81 bits per heavy atom. The number of hydrogen-bond acceptors (Lipinski definition) is 3. The average Bonchev–Trinajstić information content (AvgIpc) is 2.69. The van der Waals surface area contributed by atoms with Crippen LogP contribution in [0.1, 0.15) is 35.7 Å². The molecule has 0 saturated carbocycles. The topological polar surface area (TPSA) is 29.0 Å². The summed E-state index contributed by atoms with van der Waals surface area (Å²) in [6.07, 6.45) is 4.31. The van der Waals surface area contributed by atoms with E-state index in [1.165, 1.54) is 29.7 Å². The van der Waals surface area contributed by atoms with Crippen molar-refractivity contribution in [2.24, 2.45) is 0 Å². The molecule has 3 nitrogen and oxygen atoms in total. The molecule has 3 heteroatoms. The van der Waals surface area contributed by atoms with Gasteiger partial charge < -0.3 is 0 Å². The normalized spacial score (nSPS) is 18.0. The van der Waals surface area contributed by atoms with Crippen molar-refractivity contribution in [3.8, 4) is 11.3 Å². The third-order valence-corrected chi connectivity index (χ3v) is 5.12. The minimum absolute atomic E-state index is 0.497. The maximum Gasteiger partial charge on any atom is 0.0705 e. The fourth-order valence-electron chi connectivity index (χ4n) is 3.81. The van der Waals surface area contributed by atoms with Gasteiger partial charge in [-0.15, -0.1) is 0 Å². The van der Waals surface area contributed by atoms with Crippen LogP contribution in [0.2, 0.25) is 0 Å². The molecule has 0 spiro atoms. The van der Waals surface area contributed by atoms with Gasteiger partial charge in [0.2, 0.25) is 0 Å². The summed E-state index contributed by atoms with van der Waals surface area (Å²) in [7, 11) is 0. The van der Waals surface area contributed by atoms with Crippen molar-refractivity contribution in [2.75, 3.05) is 13.1 Å². The molecule has 26 heavy (non-hydrogen) atoms. The van der Waals surface area contributed by atoms with E-state index in [1.807, 2.05) is 12.3 Å². The molecule has 0 radical (unpaired) electrons. The zero-order chi connectivity index (χ0) is 17.8. The maximum absolute atomic E-state index is 5.01. The van der Waals surface area contributed by atoms with Crippen LogP contribution in [0.5, 0.6) is 0 Å². The summed E-state index contributed by atoms with van der Waals surface area (Å²) < 4.78 is 0. The number of aryl methyl sites for hydroxylation is 1. The minimum Gasteiger partial charge on any atom is -0.297 e. The minimum atomic E-state index is 0.497. The molecule has 1 fully saturated rings. The first-order valence-corrected chi connectivity index (χ1v) is 9.44. The first-order chi connectivity index (χ1) is 12.8. The van der Waals surface area contributed by atoms with Gasteiger partial charge in [0.1, 0.15) is 0 Å². The third-order valence-electron chi connectivity index (χ3n) is 5.12. The molecule has 1 aliphatic rings. The monoisotopic (exact) mass is 343 g/mol. The van der Waals surface area contributed by atoms with Crippen LogP contribution < -0.4 is 0 Å². The third kappa shape index (κ3) is 4.00. The van der Waals surface area contributed by atoms with Gasteiger partial charge in [-0.3, -0.25) is 14.9 Å². The van der Waals surface area contributed by atoms with Gasteiger partial charge in [0.15, 0.2) is 0 Å². The second-order valence-corrected chi connectivity index (χ2v) is 7.21. The second kappa shape index (κ2) is 7.79. The van der Waals surface area contributed by atoms with Gasteiger partial charge >= 0.3 is 0 Å². The zero-order valence-corrected chi connectivity index (χ0v) is 15.3. The molecule has 0 N–H and O–H groups in total. The summed E-state index contributed by atoms with van der Waals surface area (Å²) in [5.74, 6) is 0.497. The fraction of sp³-hybridized carbons (Fsp3) is 0.304. The fourth-order valence-corrected chi connectivity index (χ4v) is 3.81. The largest absolute Gasteiger partial charge is 0.297 e. The van der Waals surface area contributed by atoms with Gasteiger partial charge in [-0.1, -0.05) is 35.9 Å². The van der Waals surface area contributed by atoms with Crippen LogP contribution in [0.25, 0.3) is 11.3 Å². The van der Waals surface area contributed by atoms with Crippen LogP contribution in [0.15, 0.2) is 66.9 Å². The number of piperidine rings is 1. The number of likely N-dealkylation sites (tertiary alicyclic amines) is 1. The molecule has 2 aromatic heterocycles. The molecular weight excluding hydrogens is 318 g/mol. The van der Waals surface area contributed by atoms with E-state index < -0.39 is 0 Å². The summed E-state index contributed by atoms with van der Waals surface area (Å²) in [6, 6.07) is 21.2. The highest BCUT2D eigenvalue weighted by atomic mass is 15.1. The molecule has 3 heterocycles. The van der Waals surface area contributed by atoms with Crippen molar-refractivity contribution in [2.45, 2.75) is 32.2 Å². The summed E-state index contributed by atoms with van der Waals surface area (Å²) in [4.78, 5) is 12.0. The Hall–Kier alpha value is -2.52. The number of benzene rings is 1. The molecule has 1 atom stereocenters. The molecule has 1 aliphatic heterocycles. The lowest BCUT2D eigenvalue weighted by Gasteiger charge is -2.32. The molecule has 0 aliphatic carbocycles. The molecule has 132 valence electrons. The standard InChI is InChI=1S/C23H25N3/c1-18-7-4-8-19(15-18)22-11-5-12-23(25-22)20-9-6-14-26(16-20)17-21-10-2-3-13-24-21/h2-5,7-8,10-13,15,20H,6,9,14,16-17H2,1H3/t20-/m0/s1. The van der Waals surface area contributed by atoms with E-state index in [9.17, 15) is 0 Å². The van der Waals surface area contributed by atoms with E-state index in [-0.39, 0.29) is 0 Å². The number of hydrogen-bond donors (Lipinski definition) is 0. The van der Waals surface area contributed by atoms with Gasteiger partial charge in [0, 0.05) is 36.5 Å². The molecule has 0 bridgehead atoms. The van der Waals surface area contributed by atoms with E-state index in [4.69, 9.17) is 4.98 Å². The first-order valence-electron chi connectivity index (χ1n) is 9.44. The smallest absolute Gasteiger partial charge is 0.0705 e. The molecular formula is C23H25N3. The quantitative estimate of drug-likeness (QED) is 0.679. The predicted octanol–water partition coefficient (Wildman–Crippen LogP) is 4.83. The highest BCUT2D eigenvalue weighted by Crippen LogP contribution is 2.28. The van der Waals surface area contributed by atoms with Crippen LogP contribution >= 0.6 is 0 Å². The lowest BCUT2D eigenvalue weighted by Crippen LogP contribution is -2.34. The SMILES string of the molecule is Cc1cccc(-c2cccc([C@H]3CCCN(Cc4ccccn4)C3)n2)c1. The Morgan fingerprint density at radius 1 is 1.04 bits per heavy atom. The lowest BCUT2D eigenvalue weighted by molar-refractivity contribution is 0.196. The van der Waals surface area contributed by atoms with E-state index in [0.29, 0.717) is 5.92 Å². The lowest BCUT2D eigenvalue weighted by atomic mass is 9.93. The highest BCUT2D eigenvalue weighted by Gasteiger charge is 2.23. The van der Waals surface area contributed by atoms with Crippen molar-refractivity contribution in [3.63, 3.8) is 0 Å². The van der Waals surface area contributed by atoms with Crippen molar-refractivity contribution in [1.82, 2.24) is 14.9 Å². The number of aromatic nitrogens is 2. The van der Waals surface area contributed by atoms with Crippen molar-refractivity contribution >= 4 is 0 Å². The van der Waals surface area contributed by atoms with Crippen molar-refractivity contribution in [1.29, 1.82) is 0 Å². The van der Waals surface area contributed by atoms with E-state index in [0.717, 1.165) is 31.0 Å². The van der Waals surface area contributed by atoms with Gasteiger partial charge in [0.05, 0.1) is 11.4 Å². The Bertz CT molecular complexity index is 860. The second-order valence-electron chi connectivity index (χ2n) is 7.21. The molecule has 3 aromatic rings. The molecule has 1 saturated heterocycles. The maximum atomic E-state index is 5.01. The number of nitrogens with zero attached hydrogens (tertiary/aromatic N) is 3. The van der Waals surface area contributed by atoms with Crippen LogP contribution in [0.3, 0.4) is 0 Å². The molecule has 1 aromatic carbocycles. The summed E-state index contributed by atoms with van der Waals surface area (Å²) in [5, 5.41) is 0. The summed E-state index contributed by atoms with van der Waals surface area (Å²) >= 11 is 0. The van der Waals surface area contributed by atoms with E-state index in [1.54, 1.807) is 0 Å². The van der Waals surface area contributed by atoms with Gasteiger partial charge in [-0.25, -0.2) is 0 Å². The molecule has 0 unspecified atom stereocenters. The Kier molecular flexibility index (Phi) is 5.07. The Balaban J connectivity index is 1.51. The van der Waals surface area contributed by atoms with Crippen LogP contribution in [0.4, 0.5) is 0 Å². The van der Waals surface area contributed by atoms with Crippen LogP contribution in [-0.4, -0.2) is 28.0 Å².